The maximum atomic E-state index is 11.7. The predicted molar refractivity (Wildman–Crippen MR) is 51.4 cm³/mol. The van der Waals surface area contributed by atoms with Gasteiger partial charge in [0.2, 0.25) is 0 Å². The molecule has 0 fully saturated rings. The molecule has 0 aromatic rings. The Balaban J connectivity index is 2.32. The SMILES string of the molecule is CC[C@@H]1CC(O)OC2=C1C(=O)CCC2. The Morgan fingerprint density at radius 3 is 3.00 bits per heavy atom. The van der Waals surface area contributed by atoms with Gasteiger partial charge in [-0.2, -0.15) is 0 Å². The molecule has 0 saturated carbocycles. The molecule has 1 aliphatic carbocycles. The second-order valence-corrected chi connectivity index (χ2v) is 4.03. The van der Waals surface area contributed by atoms with Crippen LogP contribution in [-0.2, 0) is 9.53 Å². The lowest BCUT2D eigenvalue weighted by Gasteiger charge is -2.33. The minimum atomic E-state index is -0.704. The molecule has 0 aromatic heterocycles. The summed E-state index contributed by atoms with van der Waals surface area (Å²) in [6.07, 6.45) is 3.10. The number of aliphatic hydroxyl groups is 1. The molecule has 0 aromatic carbocycles. The van der Waals surface area contributed by atoms with Gasteiger partial charge in [-0.1, -0.05) is 6.92 Å². The lowest BCUT2D eigenvalue weighted by Crippen LogP contribution is -2.30. The fraction of sp³-hybridized carbons (Fsp3) is 0.727. The van der Waals surface area contributed by atoms with E-state index in [4.69, 9.17) is 4.74 Å². The van der Waals surface area contributed by atoms with Crippen LogP contribution in [-0.4, -0.2) is 17.2 Å². The zero-order chi connectivity index (χ0) is 10.1. The minimum Gasteiger partial charge on any atom is -0.469 e. The summed E-state index contributed by atoms with van der Waals surface area (Å²) in [5, 5.41) is 9.47. The number of carbonyl (C=O) groups excluding carboxylic acids is 1. The van der Waals surface area contributed by atoms with Gasteiger partial charge in [0.15, 0.2) is 12.1 Å². The van der Waals surface area contributed by atoms with Crippen LogP contribution in [0.2, 0.25) is 0 Å². The van der Waals surface area contributed by atoms with Gasteiger partial charge in [-0.15, -0.1) is 0 Å². The Kier molecular flexibility index (Phi) is 2.59. The number of rotatable bonds is 1. The first-order valence-corrected chi connectivity index (χ1v) is 5.33. The first kappa shape index (κ1) is 9.71. The first-order chi connectivity index (χ1) is 6.72. The zero-order valence-electron chi connectivity index (χ0n) is 8.45. The molecule has 3 heteroatoms. The van der Waals surface area contributed by atoms with E-state index in [0.29, 0.717) is 12.8 Å². The van der Waals surface area contributed by atoms with Gasteiger partial charge in [-0.25, -0.2) is 0 Å². The molecule has 0 spiro atoms. The van der Waals surface area contributed by atoms with Gasteiger partial charge < -0.3 is 9.84 Å². The van der Waals surface area contributed by atoms with Crippen molar-refractivity contribution in [3.63, 3.8) is 0 Å². The Labute approximate surface area is 83.8 Å². The number of ketones is 1. The second-order valence-electron chi connectivity index (χ2n) is 4.03. The van der Waals surface area contributed by atoms with Crippen LogP contribution in [0.15, 0.2) is 11.3 Å². The van der Waals surface area contributed by atoms with Crippen LogP contribution in [0, 0.1) is 5.92 Å². The summed E-state index contributed by atoms with van der Waals surface area (Å²) >= 11 is 0. The third-order valence-corrected chi connectivity index (χ3v) is 3.07. The van der Waals surface area contributed by atoms with Gasteiger partial charge in [0.25, 0.3) is 0 Å². The lowest BCUT2D eigenvalue weighted by atomic mass is 9.82. The van der Waals surface area contributed by atoms with Crippen LogP contribution in [0.25, 0.3) is 0 Å². The highest BCUT2D eigenvalue weighted by Crippen LogP contribution is 2.37. The van der Waals surface area contributed by atoms with Crippen molar-refractivity contribution < 1.29 is 14.6 Å². The van der Waals surface area contributed by atoms with E-state index < -0.39 is 6.29 Å². The molecule has 0 bridgehead atoms. The summed E-state index contributed by atoms with van der Waals surface area (Å²) in [5.74, 6) is 1.19. The maximum absolute atomic E-state index is 11.7. The van der Waals surface area contributed by atoms with Crippen LogP contribution >= 0.6 is 0 Å². The average molecular weight is 196 g/mol. The van der Waals surface area contributed by atoms with E-state index in [1.165, 1.54) is 0 Å². The number of allylic oxidation sites excluding steroid dienone is 2. The largest absolute Gasteiger partial charge is 0.469 e. The van der Waals surface area contributed by atoms with Crippen molar-refractivity contribution in [3.8, 4) is 0 Å². The van der Waals surface area contributed by atoms with E-state index >= 15 is 0 Å². The fourth-order valence-electron chi connectivity index (χ4n) is 2.36. The number of carbonyl (C=O) groups is 1. The monoisotopic (exact) mass is 196 g/mol. The van der Waals surface area contributed by atoms with Crippen LogP contribution in [0.1, 0.15) is 39.0 Å². The average Bonchev–Trinajstić information content (AvgIpc) is 2.16. The first-order valence-electron chi connectivity index (χ1n) is 5.33. The molecule has 3 nitrogen and oxygen atoms in total. The molecule has 14 heavy (non-hydrogen) atoms. The van der Waals surface area contributed by atoms with Crippen molar-refractivity contribution in [2.75, 3.05) is 0 Å². The molecule has 2 aliphatic rings. The van der Waals surface area contributed by atoms with E-state index in [9.17, 15) is 9.90 Å². The Morgan fingerprint density at radius 1 is 1.50 bits per heavy atom. The van der Waals surface area contributed by atoms with Crippen LogP contribution in [0.3, 0.4) is 0 Å². The number of hydrogen-bond acceptors (Lipinski definition) is 3. The van der Waals surface area contributed by atoms with Crippen molar-refractivity contribution in [2.45, 2.75) is 45.3 Å². The van der Waals surface area contributed by atoms with E-state index in [1.54, 1.807) is 0 Å². The summed E-state index contributed by atoms with van der Waals surface area (Å²) in [6.45, 7) is 2.05. The molecule has 1 unspecified atom stereocenters. The van der Waals surface area contributed by atoms with Gasteiger partial charge in [0.1, 0.15) is 5.76 Å². The van der Waals surface area contributed by atoms with Gasteiger partial charge in [-0.05, 0) is 18.8 Å². The Morgan fingerprint density at radius 2 is 2.29 bits per heavy atom. The van der Waals surface area contributed by atoms with E-state index in [2.05, 4.69) is 6.92 Å². The molecule has 1 N–H and O–H groups in total. The summed E-state index contributed by atoms with van der Waals surface area (Å²) in [6, 6.07) is 0. The molecule has 0 radical (unpaired) electrons. The van der Waals surface area contributed by atoms with Crippen LogP contribution < -0.4 is 0 Å². The van der Waals surface area contributed by atoms with Gasteiger partial charge in [0, 0.05) is 24.8 Å². The van der Waals surface area contributed by atoms with Crippen molar-refractivity contribution in [1.82, 2.24) is 0 Å². The van der Waals surface area contributed by atoms with E-state index in [-0.39, 0.29) is 11.7 Å². The molecule has 78 valence electrons. The minimum absolute atomic E-state index is 0.210. The molecule has 0 amide bonds. The van der Waals surface area contributed by atoms with Crippen LogP contribution in [0.4, 0.5) is 0 Å². The molecule has 0 saturated heterocycles. The summed E-state index contributed by atoms with van der Waals surface area (Å²) in [5.41, 5.74) is 0.865. The number of Topliss-reactive ketones (excluding diaryl/α,β-unsaturated/α-hetero) is 1. The maximum Gasteiger partial charge on any atom is 0.197 e. The van der Waals surface area contributed by atoms with E-state index in [0.717, 1.165) is 30.6 Å². The summed E-state index contributed by atoms with van der Waals surface area (Å²) in [7, 11) is 0. The number of hydrogen-bond donors (Lipinski definition) is 1. The van der Waals surface area contributed by atoms with Crippen molar-refractivity contribution in [2.24, 2.45) is 5.92 Å². The number of aliphatic hydroxyl groups excluding tert-OH is 1. The second kappa shape index (κ2) is 3.73. The predicted octanol–water partition coefficient (Wildman–Crippen LogP) is 1.76. The summed E-state index contributed by atoms with van der Waals surface area (Å²) < 4.78 is 5.31. The third kappa shape index (κ3) is 1.57. The lowest BCUT2D eigenvalue weighted by molar-refractivity contribution is -0.123. The van der Waals surface area contributed by atoms with Gasteiger partial charge in [0.05, 0.1) is 0 Å². The van der Waals surface area contributed by atoms with E-state index in [1.807, 2.05) is 0 Å². The highest BCUT2D eigenvalue weighted by molar-refractivity contribution is 5.97. The molecular weight excluding hydrogens is 180 g/mol. The third-order valence-electron chi connectivity index (χ3n) is 3.07. The van der Waals surface area contributed by atoms with Gasteiger partial charge in [-0.3, -0.25) is 4.79 Å². The quantitative estimate of drug-likeness (QED) is 0.695. The standard InChI is InChI=1S/C11H16O3/c1-2-7-6-10(13)14-9-5-3-4-8(12)11(7)9/h7,10,13H,2-6H2,1H3/t7-,10?/m1/s1. The van der Waals surface area contributed by atoms with Crippen molar-refractivity contribution >= 4 is 5.78 Å². The highest BCUT2D eigenvalue weighted by atomic mass is 16.6. The topological polar surface area (TPSA) is 46.5 Å². The normalized spacial score (nSPS) is 32.6. The van der Waals surface area contributed by atoms with Crippen molar-refractivity contribution in [1.29, 1.82) is 0 Å². The number of ether oxygens (including phenoxy) is 1. The highest BCUT2D eigenvalue weighted by Gasteiger charge is 2.34. The molecule has 2 rings (SSSR count). The van der Waals surface area contributed by atoms with Gasteiger partial charge >= 0.3 is 0 Å². The molecule has 1 aliphatic heterocycles. The smallest absolute Gasteiger partial charge is 0.197 e. The fourth-order valence-corrected chi connectivity index (χ4v) is 2.36. The van der Waals surface area contributed by atoms with Crippen LogP contribution in [0.5, 0.6) is 0 Å². The molecular formula is C11H16O3. The molecule has 1 heterocycles. The zero-order valence-corrected chi connectivity index (χ0v) is 8.45. The Hall–Kier alpha value is -0.830. The van der Waals surface area contributed by atoms with Crippen molar-refractivity contribution in [3.05, 3.63) is 11.3 Å². The molecule has 2 atom stereocenters. The summed E-state index contributed by atoms with van der Waals surface area (Å²) in [4.78, 5) is 11.7. The Bertz CT molecular complexity index is 280.